The first-order chi connectivity index (χ1) is 10.6. The van der Waals surface area contributed by atoms with Crippen LogP contribution < -0.4 is 5.32 Å². The lowest BCUT2D eigenvalue weighted by Gasteiger charge is -2.29. The van der Waals surface area contributed by atoms with E-state index in [-0.39, 0.29) is 11.9 Å². The van der Waals surface area contributed by atoms with E-state index in [1.165, 1.54) is 19.3 Å². The van der Waals surface area contributed by atoms with Crippen LogP contribution >= 0.6 is 0 Å². The fraction of sp³-hybridized carbons (Fsp3) is 0.444. The van der Waals surface area contributed by atoms with E-state index in [2.05, 4.69) is 23.3 Å². The number of nitriles is 1. The zero-order valence-corrected chi connectivity index (χ0v) is 13.1. The number of amides is 1. The van der Waals surface area contributed by atoms with E-state index in [4.69, 9.17) is 0 Å². The summed E-state index contributed by atoms with van der Waals surface area (Å²) in [5, 5.41) is 13.2. The van der Waals surface area contributed by atoms with Gasteiger partial charge in [-0.1, -0.05) is 19.8 Å². The van der Waals surface area contributed by atoms with E-state index < -0.39 is 0 Å². The summed E-state index contributed by atoms with van der Waals surface area (Å²) in [7, 11) is 0. The minimum atomic E-state index is -0.0727. The highest BCUT2D eigenvalue weighted by molar-refractivity contribution is 5.99. The van der Waals surface area contributed by atoms with Gasteiger partial charge in [0.15, 0.2) is 0 Å². The zero-order valence-electron chi connectivity index (χ0n) is 13.1. The SMILES string of the molecule is Cc1cc(C#N)c2cc(C(=O)N[C@@H]3CCCC[C@@H]3C)[nH]c2c1. The van der Waals surface area contributed by atoms with E-state index in [9.17, 15) is 10.1 Å². The molecule has 1 aromatic carbocycles. The molecule has 1 aliphatic rings. The van der Waals surface area contributed by atoms with E-state index in [1.54, 1.807) is 6.07 Å². The molecule has 4 heteroatoms. The smallest absolute Gasteiger partial charge is 0.267 e. The van der Waals surface area contributed by atoms with Gasteiger partial charge in [0.05, 0.1) is 11.6 Å². The van der Waals surface area contributed by atoms with Crippen LogP contribution in [0.25, 0.3) is 10.9 Å². The van der Waals surface area contributed by atoms with Gasteiger partial charge in [0.25, 0.3) is 5.91 Å². The second-order valence-electron chi connectivity index (χ2n) is 6.41. The van der Waals surface area contributed by atoms with Crippen molar-refractivity contribution in [3.63, 3.8) is 0 Å². The monoisotopic (exact) mass is 295 g/mol. The van der Waals surface area contributed by atoms with Gasteiger partial charge in [0.2, 0.25) is 0 Å². The molecule has 2 aromatic rings. The van der Waals surface area contributed by atoms with Crippen LogP contribution in [0.2, 0.25) is 0 Å². The van der Waals surface area contributed by atoms with Gasteiger partial charge >= 0.3 is 0 Å². The van der Waals surface area contributed by atoms with Gasteiger partial charge in [-0.2, -0.15) is 5.26 Å². The molecule has 1 aliphatic carbocycles. The number of hydrogen-bond donors (Lipinski definition) is 2. The van der Waals surface area contributed by atoms with Crippen molar-refractivity contribution >= 4 is 16.8 Å². The molecule has 1 aromatic heterocycles. The van der Waals surface area contributed by atoms with E-state index in [0.717, 1.165) is 22.9 Å². The van der Waals surface area contributed by atoms with Gasteiger partial charge in [0.1, 0.15) is 5.69 Å². The summed E-state index contributed by atoms with van der Waals surface area (Å²) in [4.78, 5) is 15.6. The summed E-state index contributed by atoms with van der Waals surface area (Å²) in [6.07, 6.45) is 4.66. The Morgan fingerprint density at radius 2 is 2.09 bits per heavy atom. The molecule has 0 bridgehead atoms. The standard InChI is InChI=1S/C18H21N3O/c1-11-7-13(10-19)14-9-17(20-16(14)8-11)18(22)21-15-6-4-3-5-12(15)2/h7-9,12,15,20H,3-6H2,1-2H3,(H,21,22)/t12-,15+/m0/s1. The number of aromatic amines is 1. The molecular formula is C18H21N3O. The lowest BCUT2D eigenvalue weighted by Crippen LogP contribution is -2.41. The fourth-order valence-electron chi connectivity index (χ4n) is 3.37. The zero-order chi connectivity index (χ0) is 15.7. The van der Waals surface area contributed by atoms with Crippen LogP contribution in [0.1, 0.15) is 54.2 Å². The number of rotatable bonds is 2. The number of nitrogens with one attached hydrogen (secondary N) is 2. The van der Waals surface area contributed by atoms with Crippen LogP contribution in [0.4, 0.5) is 0 Å². The molecule has 0 aliphatic heterocycles. The van der Waals surface area contributed by atoms with E-state index in [1.807, 2.05) is 19.1 Å². The molecule has 1 amide bonds. The second kappa shape index (κ2) is 5.84. The fourth-order valence-corrected chi connectivity index (χ4v) is 3.37. The molecule has 1 fully saturated rings. The van der Waals surface area contributed by atoms with Gasteiger partial charge in [-0.3, -0.25) is 4.79 Å². The Morgan fingerprint density at radius 1 is 1.32 bits per heavy atom. The van der Waals surface area contributed by atoms with E-state index in [0.29, 0.717) is 17.2 Å². The number of carbonyl (C=O) groups is 1. The second-order valence-corrected chi connectivity index (χ2v) is 6.41. The van der Waals surface area contributed by atoms with Gasteiger partial charge in [-0.05, 0) is 49.4 Å². The molecule has 22 heavy (non-hydrogen) atoms. The maximum atomic E-state index is 12.5. The number of benzene rings is 1. The molecule has 1 saturated carbocycles. The molecule has 0 saturated heterocycles. The molecule has 1 heterocycles. The number of carbonyl (C=O) groups excluding carboxylic acids is 1. The number of aryl methyl sites for hydroxylation is 1. The van der Waals surface area contributed by atoms with Crippen molar-refractivity contribution in [2.75, 3.05) is 0 Å². The first-order valence-electron chi connectivity index (χ1n) is 7.93. The van der Waals surface area contributed by atoms with Gasteiger partial charge in [-0.15, -0.1) is 0 Å². The molecule has 4 nitrogen and oxygen atoms in total. The molecule has 0 radical (unpaired) electrons. The van der Waals surface area contributed by atoms with Crippen molar-refractivity contribution in [1.29, 1.82) is 5.26 Å². The number of nitrogens with zero attached hydrogens (tertiary/aromatic N) is 1. The average molecular weight is 295 g/mol. The third kappa shape index (κ3) is 2.71. The van der Waals surface area contributed by atoms with Gasteiger partial charge in [-0.25, -0.2) is 0 Å². The molecule has 0 spiro atoms. The van der Waals surface area contributed by atoms with Gasteiger partial charge < -0.3 is 10.3 Å². The highest BCUT2D eigenvalue weighted by atomic mass is 16.1. The summed E-state index contributed by atoms with van der Waals surface area (Å²) in [5.74, 6) is 0.454. The predicted octanol–water partition coefficient (Wildman–Crippen LogP) is 3.66. The van der Waals surface area contributed by atoms with E-state index >= 15 is 0 Å². The van der Waals surface area contributed by atoms with Crippen molar-refractivity contribution in [2.45, 2.75) is 45.6 Å². The minimum Gasteiger partial charge on any atom is -0.350 e. The lowest BCUT2D eigenvalue weighted by atomic mass is 9.86. The van der Waals surface area contributed by atoms with Crippen LogP contribution in [0, 0.1) is 24.2 Å². The highest BCUT2D eigenvalue weighted by Gasteiger charge is 2.24. The number of H-pyrrole nitrogens is 1. The maximum Gasteiger partial charge on any atom is 0.267 e. The Bertz CT molecular complexity index is 754. The van der Waals surface area contributed by atoms with Crippen LogP contribution in [0.3, 0.4) is 0 Å². The minimum absolute atomic E-state index is 0.0727. The maximum absolute atomic E-state index is 12.5. The van der Waals surface area contributed by atoms with Crippen molar-refractivity contribution in [1.82, 2.24) is 10.3 Å². The normalized spacial score (nSPS) is 21.5. The summed E-state index contributed by atoms with van der Waals surface area (Å²) in [5.41, 5.74) is 3.00. The third-order valence-electron chi connectivity index (χ3n) is 4.68. The van der Waals surface area contributed by atoms with Crippen molar-refractivity contribution in [2.24, 2.45) is 5.92 Å². The third-order valence-corrected chi connectivity index (χ3v) is 4.68. The Morgan fingerprint density at radius 3 is 2.82 bits per heavy atom. The van der Waals surface area contributed by atoms with Crippen LogP contribution in [-0.2, 0) is 0 Å². The molecule has 2 atom stereocenters. The van der Waals surface area contributed by atoms with Gasteiger partial charge in [0, 0.05) is 16.9 Å². The van der Waals surface area contributed by atoms with Crippen molar-refractivity contribution in [3.05, 3.63) is 35.0 Å². The average Bonchev–Trinajstić information content (AvgIpc) is 2.92. The first-order valence-corrected chi connectivity index (χ1v) is 7.93. The Balaban J connectivity index is 1.87. The molecule has 114 valence electrons. The molecule has 3 rings (SSSR count). The Labute approximate surface area is 130 Å². The summed E-state index contributed by atoms with van der Waals surface area (Å²) >= 11 is 0. The number of aromatic nitrogens is 1. The largest absolute Gasteiger partial charge is 0.350 e. The predicted molar refractivity (Wildman–Crippen MR) is 86.6 cm³/mol. The topological polar surface area (TPSA) is 68.7 Å². The summed E-state index contributed by atoms with van der Waals surface area (Å²) in [6, 6.07) is 8.06. The van der Waals surface area contributed by atoms with Crippen molar-refractivity contribution in [3.8, 4) is 6.07 Å². The quantitative estimate of drug-likeness (QED) is 0.887. The first kappa shape index (κ1) is 14.6. The summed E-state index contributed by atoms with van der Waals surface area (Å²) in [6.45, 7) is 4.15. The molecule has 0 unspecified atom stereocenters. The Hall–Kier alpha value is -2.28. The summed E-state index contributed by atoms with van der Waals surface area (Å²) < 4.78 is 0. The lowest BCUT2D eigenvalue weighted by molar-refractivity contribution is 0.0906. The number of fused-ring (bicyclic) bond motifs is 1. The molecular weight excluding hydrogens is 274 g/mol. The molecule has 2 N–H and O–H groups in total. The van der Waals surface area contributed by atoms with Crippen molar-refractivity contribution < 1.29 is 4.79 Å². The number of hydrogen-bond acceptors (Lipinski definition) is 2. The van der Waals surface area contributed by atoms with Crippen LogP contribution in [0.5, 0.6) is 0 Å². The highest BCUT2D eigenvalue weighted by Crippen LogP contribution is 2.25. The van der Waals surface area contributed by atoms with Crippen LogP contribution in [0.15, 0.2) is 18.2 Å². The Kier molecular flexibility index (Phi) is 3.89. The van der Waals surface area contributed by atoms with Crippen LogP contribution in [-0.4, -0.2) is 16.9 Å².